The van der Waals surface area contributed by atoms with E-state index in [1.165, 1.54) is 5.56 Å². The molecule has 0 aliphatic rings. The van der Waals surface area contributed by atoms with Crippen LogP contribution in [0.3, 0.4) is 0 Å². The third-order valence-electron chi connectivity index (χ3n) is 3.33. The third kappa shape index (κ3) is 5.31. The number of ether oxygens (including phenoxy) is 3. The minimum Gasteiger partial charge on any atom is -0.497 e. The molecule has 0 amide bonds. The van der Waals surface area contributed by atoms with Crippen LogP contribution in [0.4, 0.5) is 5.69 Å². The number of methoxy groups -OCH3 is 2. The predicted molar refractivity (Wildman–Crippen MR) is 100 cm³/mol. The van der Waals surface area contributed by atoms with Crippen molar-refractivity contribution < 1.29 is 14.2 Å². The summed E-state index contributed by atoms with van der Waals surface area (Å²) in [5, 5.41) is 6.71. The molecular weight excluding hydrogens is 324 g/mol. The van der Waals surface area contributed by atoms with Gasteiger partial charge in [0.05, 0.1) is 26.5 Å². The molecule has 0 radical (unpaired) electrons. The summed E-state index contributed by atoms with van der Waals surface area (Å²) in [6.45, 7) is 3.16. The van der Waals surface area contributed by atoms with Gasteiger partial charge in [0, 0.05) is 6.07 Å². The van der Waals surface area contributed by atoms with Crippen molar-refractivity contribution in [1.29, 1.82) is 0 Å². The highest BCUT2D eigenvalue weighted by Gasteiger charge is 2.06. The molecule has 24 heavy (non-hydrogen) atoms. The number of hydrogen-bond acceptors (Lipinski definition) is 4. The van der Waals surface area contributed by atoms with Gasteiger partial charge in [0.2, 0.25) is 0 Å². The molecule has 0 aromatic heterocycles. The zero-order chi connectivity index (χ0) is 17.4. The Kier molecular flexibility index (Phi) is 6.69. The molecule has 0 saturated carbocycles. The number of nitrogens with one attached hydrogen (secondary N) is 2. The fourth-order valence-corrected chi connectivity index (χ4v) is 2.25. The van der Waals surface area contributed by atoms with E-state index in [0.717, 1.165) is 17.2 Å². The van der Waals surface area contributed by atoms with Gasteiger partial charge in [-0.3, -0.25) is 0 Å². The summed E-state index contributed by atoms with van der Waals surface area (Å²) < 4.78 is 16.1. The van der Waals surface area contributed by atoms with Gasteiger partial charge in [-0.05, 0) is 43.4 Å². The lowest BCUT2D eigenvalue weighted by Crippen LogP contribution is -2.32. The highest BCUT2D eigenvalue weighted by molar-refractivity contribution is 7.80. The van der Waals surface area contributed by atoms with E-state index in [-0.39, 0.29) is 0 Å². The number of rotatable bonds is 7. The highest BCUT2D eigenvalue weighted by atomic mass is 32.1. The van der Waals surface area contributed by atoms with Gasteiger partial charge in [-0.15, -0.1) is 0 Å². The van der Waals surface area contributed by atoms with E-state index >= 15 is 0 Å². The number of aryl methyl sites for hydroxylation is 1. The lowest BCUT2D eigenvalue weighted by atomic mass is 10.2. The van der Waals surface area contributed by atoms with Crippen LogP contribution in [-0.4, -0.2) is 32.5 Å². The first kappa shape index (κ1) is 17.9. The minimum absolute atomic E-state index is 0.506. The van der Waals surface area contributed by atoms with E-state index in [9.17, 15) is 0 Å². The maximum Gasteiger partial charge on any atom is 0.170 e. The van der Waals surface area contributed by atoms with Crippen LogP contribution < -0.4 is 24.8 Å². The van der Waals surface area contributed by atoms with Gasteiger partial charge in [0.25, 0.3) is 0 Å². The zero-order valence-corrected chi connectivity index (χ0v) is 14.9. The van der Waals surface area contributed by atoms with Crippen LogP contribution in [0.2, 0.25) is 0 Å². The standard InChI is InChI=1S/C18H22N2O3S/c1-13-4-6-14(7-5-13)23-11-10-19-18(24)20-16-9-8-15(21-2)12-17(16)22-3/h4-9,12H,10-11H2,1-3H3,(H2,19,20,24). The van der Waals surface area contributed by atoms with Crippen LogP contribution in [0.5, 0.6) is 17.2 Å². The molecule has 0 unspecified atom stereocenters. The normalized spacial score (nSPS) is 9.96. The monoisotopic (exact) mass is 346 g/mol. The Hall–Kier alpha value is -2.47. The molecule has 2 aromatic carbocycles. The quantitative estimate of drug-likeness (QED) is 0.592. The van der Waals surface area contributed by atoms with Crippen LogP contribution in [0.15, 0.2) is 42.5 Å². The first-order valence-electron chi connectivity index (χ1n) is 7.58. The average molecular weight is 346 g/mol. The largest absolute Gasteiger partial charge is 0.497 e. The molecule has 0 heterocycles. The molecule has 0 saturated heterocycles. The van der Waals surface area contributed by atoms with E-state index < -0.39 is 0 Å². The van der Waals surface area contributed by atoms with Gasteiger partial charge in [-0.2, -0.15) is 0 Å². The van der Waals surface area contributed by atoms with Gasteiger partial charge in [-0.1, -0.05) is 17.7 Å². The molecule has 0 bridgehead atoms. The van der Waals surface area contributed by atoms with E-state index in [2.05, 4.69) is 10.6 Å². The lowest BCUT2D eigenvalue weighted by molar-refractivity contribution is 0.322. The summed E-state index contributed by atoms with van der Waals surface area (Å²) in [7, 11) is 3.22. The average Bonchev–Trinajstić information content (AvgIpc) is 2.60. The molecule has 0 spiro atoms. The Morgan fingerprint density at radius 2 is 1.71 bits per heavy atom. The van der Waals surface area contributed by atoms with Crippen molar-refractivity contribution in [1.82, 2.24) is 5.32 Å². The van der Waals surface area contributed by atoms with E-state index in [0.29, 0.717) is 24.0 Å². The van der Waals surface area contributed by atoms with Crippen molar-refractivity contribution in [3.63, 3.8) is 0 Å². The van der Waals surface area contributed by atoms with Gasteiger partial charge in [-0.25, -0.2) is 0 Å². The van der Waals surface area contributed by atoms with Crippen LogP contribution >= 0.6 is 12.2 Å². The Bertz CT molecular complexity index is 674. The molecular formula is C18H22N2O3S. The van der Waals surface area contributed by atoms with Crippen molar-refractivity contribution in [2.45, 2.75) is 6.92 Å². The van der Waals surface area contributed by atoms with Gasteiger partial charge >= 0.3 is 0 Å². The summed E-state index contributed by atoms with van der Waals surface area (Å²) >= 11 is 5.29. The van der Waals surface area contributed by atoms with Gasteiger partial charge < -0.3 is 24.8 Å². The summed E-state index contributed by atoms with van der Waals surface area (Å²) in [4.78, 5) is 0. The lowest BCUT2D eigenvalue weighted by Gasteiger charge is -2.14. The predicted octanol–water partition coefficient (Wildman–Crippen LogP) is 3.38. The first-order chi connectivity index (χ1) is 11.6. The number of hydrogen-bond donors (Lipinski definition) is 2. The molecule has 0 aliphatic carbocycles. The Morgan fingerprint density at radius 3 is 2.38 bits per heavy atom. The topological polar surface area (TPSA) is 51.8 Å². The smallest absolute Gasteiger partial charge is 0.170 e. The maximum absolute atomic E-state index is 5.65. The zero-order valence-electron chi connectivity index (χ0n) is 14.1. The Labute approximate surface area is 147 Å². The molecule has 6 heteroatoms. The molecule has 2 aromatic rings. The van der Waals surface area contributed by atoms with Crippen molar-refractivity contribution in [2.75, 3.05) is 32.7 Å². The fourth-order valence-electron chi connectivity index (χ4n) is 2.04. The second kappa shape index (κ2) is 8.98. The molecule has 0 atom stereocenters. The van der Waals surface area contributed by atoms with Crippen molar-refractivity contribution in [3.05, 3.63) is 48.0 Å². The Balaban J connectivity index is 1.78. The summed E-state index contributed by atoms with van der Waals surface area (Å²) in [6, 6.07) is 13.4. The van der Waals surface area contributed by atoms with Gasteiger partial charge in [0.15, 0.2) is 5.11 Å². The van der Waals surface area contributed by atoms with E-state index in [4.69, 9.17) is 26.4 Å². The molecule has 0 fully saturated rings. The number of thiocarbonyl (C=S) groups is 1. The van der Waals surface area contributed by atoms with Crippen LogP contribution in [-0.2, 0) is 0 Å². The summed E-state index contributed by atoms with van der Waals surface area (Å²) in [5.41, 5.74) is 1.98. The fraction of sp³-hybridized carbons (Fsp3) is 0.278. The maximum atomic E-state index is 5.65. The first-order valence-corrected chi connectivity index (χ1v) is 7.99. The van der Waals surface area contributed by atoms with E-state index in [1.807, 2.05) is 43.3 Å². The van der Waals surface area contributed by atoms with Crippen molar-refractivity contribution >= 4 is 23.0 Å². The SMILES string of the molecule is COc1ccc(NC(=S)NCCOc2ccc(C)cc2)c(OC)c1. The Morgan fingerprint density at radius 1 is 1.00 bits per heavy atom. The number of anilines is 1. The highest BCUT2D eigenvalue weighted by Crippen LogP contribution is 2.28. The van der Waals surface area contributed by atoms with Crippen molar-refractivity contribution in [2.24, 2.45) is 0 Å². The molecule has 0 aliphatic heterocycles. The molecule has 2 rings (SSSR count). The second-order valence-corrected chi connectivity index (χ2v) is 5.52. The molecule has 2 N–H and O–H groups in total. The van der Waals surface area contributed by atoms with Crippen molar-refractivity contribution in [3.8, 4) is 17.2 Å². The van der Waals surface area contributed by atoms with Crippen LogP contribution in [0.1, 0.15) is 5.56 Å². The van der Waals surface area contributed by atoms with E-state index in [1.54, 1.807) is 20.3 Å². The summed E-state index contributed by atoms with van der Waals surface area (Å²) in [5.74, 6) is 2.23. The summed E-state index contributed by atoms with van der Waals surface area (Å²) in [6.07, 6.45) is 0. The van der Waals surface area contributed by atoms with Crippen LogP contribution in [0, 0.1) is 6.92 Å². The van der Waals surface area contributed by atoms with Crippen LogP contribution in [0.25, 0.3) is 0 Å². The van der Waals surface area contributed by atoms with Gasteiger partial charge in [0.1, 0.15) is 23.9 Å². The second-order valence-electron chi connectivity index (χ2n) is 5.11. The third-order valence-corrected chi connectivity index (χ3v) is 3.58. The number of benzene rings is 2. The molecule has 128 valence electrons. The minimum atomic E-state index is 0.506. The molecule has 5 nitrogen and oxygen atoms in total.